The van der Waals surface area contributed by atoms with Crippen molar-refractivity contribution in [2.24, 2.45) is 0 Å². The standard InChI is InChI=1S/C22H23ClF3N3O4/c1-12(20(30)28-17-10-15(22(24,25)26)4-5-16(17)23)27-21(31)29-7-6-13-8-18(32-2)19(33-3)9-14(13)11-29/h4-5,8-10,12H,6-7,11H2,1-3H3,(H,27,31)(H,28,30)/t12-/m0/s1. The fourth-order valence-corrected chi connectivity index (χ4v) is 3.60. The second kappa shape index (κ2) is 9.78. The molecule has 0 unspecified atom stereocenters. The Labute approximate surface area is 193 Å². The van der Waals surface area contributed by atoms with E-state index in [9.17, 15) is 22.8 Å². The van der Waals surface area contributed by atoms with Crippen LogP contribution in [0.25, 0.3) is 0 Å². The first-order valence-corrected chi connectivity index (χ1v) is 10.4. The fourth-order valence-electron chi connectivity index (χ4n) is 3.44. The average molecular weight is 486 g/mol. The van der Waals surface area contributed by atoms with Crippen LogP contribution in [0, 0.1) is 0 Å². The molecule has 1 aliphatic heterocycles. The van der Waals surface area contributed by atoms with E-state index in [1.165, 1.54) is 18.9 Å². The summed E-state index contributed by atoms with van der Waals surface area (Å²) in [4.78, 5) is 26.7. The first-order valence-electron chi connectivity index (χ1n) is 10.00. The van der Waals surface area contributed by atoms with Crippen LogP contribution in [-0.2, 0) is 23.9 Å². The molecule has 0 saturated carbocycles. The van der Waals surface area contributed by atoms with Crippen LogP contribution in [0.3, 0.4) is 0 Å². The smallest absolute Gasteiger partial charge is 0.416 e. The van der Waals surface area contributed by atoms with Gasteiger partial charge in [-0.3, -0.25) is 4.79 Å². The molecule has 0 radical (unpaired) electrons. The number of nitrogens with one attached hydrogen (secondary N) is 2. The van der Waals surface area contributed by atoms with E-state index >= 15 is 0 Å². The van der Waals surface area contributed by atoms with E-state index in [4.69, 9.17) is 21.1 Å². The first kappa shape index (κ1) is 24.5. The van der Waals surface area contributed by atoms with Crippen molar-refractivity contribution in [1.82, 2.24) is 10.2 Å². The predicted octanol–water partition coefficient (Wildman–Crippen LogP) is 4.47. The van der Waals surface area contributed by atoms with Gasteiger partial charge in [-0.15, -0.1) is 0 Å². The molecule has 0 aliphatic carbocycles. The number of halogens is 4. The Hall–Kier alpha value is -3.14. The molecule has 1 aliphatic rings. The third kappa shape index (κ3) is 5.62. The zero-order valence-electron chi connectivity index (χ0n) is 18.2. The summed E-state index contributed by atoms with van der Waals surface area (Å²) in [5, 5.41) is 4.86. The molecule has 2 N–H and O–H groups in total. The molecular weight excluding hydrogens is 463 g/mol. The largest absolute Gasteiger partial charge is 0.493 e. The zero-order valence-corrected chi connectivity index (χ0v) is 18.9. The van der Waals surface area contributed by atoms with Gasteiger partial charge in [-0.2, -0.15) is 13.2 Å². The molecule has 178 valence electrons. The Morgan fingerprint density at radius 1 is 1.09 bits per heavy atom. The summed E-state index contributed by atoms with van der Waals surface area (Å²) in [7, 11) is 3.07. The summed E-state index contributed by atoms with van der Waals surface area (Å²) >= 11 is 5.92. The molecule has 1 heterocycles. The van der Waals surface area contributed by atoms with E-state index in [0.717, 1.165) is 29.3 Å². The quantitative estimate of drug-likeness (QED) is 0.655. The van der Waals surface area contributed by atoms with E-state index < -0.39 is 29.7 Å². The van der Waals surface area contributed by atoms with Gasteiger partial charge in [0.15, 0.2) is 11.5 Å². The molecule has 0 aromatic heterocycles. The van der Waals surface area contributed by atoms with Crippen LogP contribution in [-0.4, -0.2) is 43.6 Å². The summed E-state index contributed by atoms with van der Waals surface area (Å²) in [6.45, 7) is 2.15. The van der Waals surface area contributed by atoms with E-state index in [0.29, 0.717) is 31.0 Å². The van der Waals surface area contributed by atoms with E-state index in [1.54, 1.807) is 13.2 Å². The minimum Gasteiger partial charge on any atom is -0.493 e. The molecule has 0 saturated heterocycles. The van der Waals surface area contributed by atoms with Crippen LogP contribution in [0.2, 0.25) is 5.02 Å². The highest BCUT2D eigenvalue weighted by Gasteiger charge is 2.31. The maximum Gasteiger partial charge on any atom is 0.416 e. The summed E-state index contributed by atoms with van der Waals surface area (Å²) in [5.41, 5.74) is 0.784. The number of amides is 3. The summed E-state index contributed by atoms with van der Waals surface area (Å²) in [6.07, 6.45) is -4.00. The van der Waals surface area contributed by atoms with Gasteiger partial charge < -0.3 is 25.0 Å². The Bertz CT molecular complexity index is 1060. The topological polar surface area (TPSA) is 79.9 Å². The predicted molar refractivity (Wildman–Crippen MR) is 117 cm³/mol. The minimum absolute atomic E-state index is 0.0492. The van der Waals surface area contributed by atoms with Gasteiger partial charge >= 0.3 is 12.2 Å². The van der Waals surface area contributed by atoms with Crippen molar-refractivity contribution in [2.45, 2.75) is 32.1 Å². The first-order chi connectivity index (χ1) is 15.5. The number of anilines is 1. The van der Waals surface area contributed by atoms with Gasteiger partial charge in [-0.1, -0.05) is 11.6 Å². The third-order valence-electron chi connectivity index (χ3n) is 5.29. The monoisotopic (exact) mass is 485 g/mol. The number of nitrogens with zero attached hydrogens (tertiary/aromatic N) is 1. The van der Waals surface area contributed by atoms with Crippen molar-refractivity contribution in [2.75, 3.05) is 26.1 Å². The second-order valence-corrected chi connectivity index (χ2v) is 7.91. The number of ether oxygens (including phenoxy) is 2. The molecule has 0 fully saturated rings. The van der Waals surface area contributed by atoms with Gasteiger partial charge in [-0.25, -0.2) is 4.79 Å². The molecule has 7 nitrogen and oxygen atoms in total. The molecule has 3 amide bonds. The van der Waals surface area contributed by atoms with Crippen molar-refractivity contribution in [3.8, 4) is 11.5 Å². The van der Waals surface area contributed by atoms with Gasteiger partial charge in [-0.05, 0) is 54.8 Å². The van der Waals surface area contributed by atoms with Gasteiger partial charge in [0.2, 0.25) is 5.91 Å². The zero-order chi connectivity index (χ0) is 24.3. The van der Waals surface area contributed by atoms with E-state index in [1.807, 2.05) is 6.07 Å². The SMILES string of the molecule is COc1cc2c(cc1OC)CN(C(=O)N[C@@H](C)C(=O)Nc1cc(C(F)(F)F)ccc1Cl)CC2. The molecule has 1 atom stereocenters. The molecule has 0 bridgehead atoms. The molecule has 3 rings (SSSR count). The number of rotatable bonds is 5. The lowest BCUT2D eigenvalue weighted by molar-refractivity contribution is -0.137. The van der Waals surface area contributed by atoms with Crippen molar-refractivity contribution in [3.63, 3.8) is 0 Å². The number of hydrogen-bond donors (Lipinski definition) is 2. The van der Waals surface area contributed by atoms with Crippen molar-refractivity contribution in [3.05, 3.63) is 52.0 Å². The van der Waals surface area contributed by atoms with Gasteiger partial charge in [0, 0.05) is 13.1 Å². The minimum atomic E-state index is -4.58. The molecule has 0 spiro atoms. The van der Waals surface area contributed by atoms with E-state index in [2.05, 4.69) is 10.6 Å². The lowest BCUT2D eigenvalue weighted by Gasteiger charge is -2.30. The molecule has 11 heteroatoms. The number of carbonyl (C=O) groups is 2. The Kier molecular flexibility index (Phi) is 7.26. The number of benzene rings is 2. The summed E-state index contributed by atoms with van der Waals surface area (Å²) in [6, 6.07) is 4.80. The number of methoxy groups -OCH3 is 2. The van der Waals surface area contributed by atoms with E-state index in [-0.39, 0.29) is 10.7 Å². The lowest BCUT2D eigenvalue weighted by Crippen LogP contribution is -2.49. The van der Waals surface area contributed by atoms with Crippen LogP contribution >= 0.6 is 11.6 Å². The number of urea groups is 1. The number of carbonyl (C=O) groups excluding carboxylic acids is 2. The Morgan fingerprint density at radius 3 is 2.33 bits per heavy atom. The number of fused-ring (bicyclic) bond motifs is 1. The molecular formula is C22H23ClF3N3O4. The van der Waals surface area contributed by atoms with Crippen LogP contribution in [0.5, 0.6) is 11.5 Å². The lowest BCUT2D eigenvalue weighted by atomic mass is 9.99. The third-order valence-corrected chi connectivity index (χ3v) is 5.62. The molecule has 33 heavy (non-hydrogen) atoms. The van der Waals surface area contributed by atoms with Gasteiger partial charge in [0.25, 0.3) is 0 Å². The van der Waals surface area contributed by atoms with Crippen LogP contribution in [0.1, 0.15) is 23.6 Å². The van der Waals surface area contributed by atoms with Crippen molar-refractivity contribution >= 4 is 29.2 Å². The number of hydrogen-bond acceptors (Lipinski definition) is 4. The maximum atomic E-state index is 12.9. The fraction of sp³-hybridized carbons (Fsp3) is 0.364. The number of alkyl halides is 3. The normalized spacial score (nSPS) is 14.2. The molecule has 2 aromatic carbocycles. The van der Waals surface area contributed by atoms with Crippen molar-refractivity contribution < 1.29 is 32.2 Å². The Morgan fingerprint density at radius 2 is 1.73 bits per heavy atom. The summed E-state index contributed by atoms with van der Waals surface area (Å²) < 4.78 is 49.4. The van der Waals surface area contributed by atoms with Crippen LogP contribution < -0.4 is 20.1 Å². The highest BCUT2D eigenvalue weighted by atomic mass is 35.5. The summed E-state index contributed by atoms with van der Waals surface area (Å²) in [5.74, 6) is 0.449. The maximum absolute atomic E-state index is 12.9. The van der Waals surface area contributed by atoms with Gasteiger partial charge in [0.05, 0.1) is 30.5 Å². The highest BCUT2D eigenvalue weighted by molar-refractivity contribution is 6.33. The Balaban J connectivity index is 1.65. The van der Waals surface area contributed by atoms with Crippen LogP contribution in [0.4, 0.5) is 23.7 Å². The highest BCUT2D eigenvalue weighted by Crippen LogP contribution is 2.34. The van der Waals surface area contributed by atoms with Crippen molar-refractivity contribution in [1.29, 1.82) is 0 Å². The van der Waals surface area contributed by atoms with Gasteiger partial charge in [0.1, 0.15) is 6.04 Å². The average Bonchev–Trinajstić information content (AvgIpc) is 2.78. The molecule has 2 aromatic rings. The second-order valence-electron chi connectivity index (χ2n) is 7.50. The van der Waals surface area contributed by atoms with Crippen LogP contribution in [0.15, 0.2) is 30.3 Å².